The predicted molar refractivity (Wildman–Crippen MR) is 69.4 cm³/mol. The van der Waals surface area contributed by atoms with Crippen LogP contribution in [0.15, 0.2) is 11.6 Å². The maximum atomic E-state index is 10.4. The highest BCUT2D eigenvalue weighted by atomic mass is 16.1. The van der Waals surface area contributed by atoms with Crippen LogP contribution < -0.4 is 0 Å². The van der Waals surface area contributed by atoms with Gasteiger partial charge >= 0.3 is 0 Å². The molecule has 1 nitrogen and oxygen atoms in total. The van der Waals surface area contributed by atoms with Gasteiger partial charge in [0.15, 0.2) is 5.78 Å². The second kappa shape index (κ2) is 5.65. The summed E-state index contributed by atoms with van der Waals surface area (Å²) in [5, 5.41) is 0. The molecule has 16 heavy (non-hydrogen) atoms. The summed E-state index contributed by atoms with van der Waals surface area (Å²) in [6.45, 7) is 9.03. The summed E-state index contributed by atoms with van der Waals surface area (Å²) >= 11 is 0. The van der Waals surface area contributed by atoms with Crippen LogP contribution >= 0.6 is 0 Å². The lowest BCUT2D eigenvalue weighted by Crippen LogP contribution is -1.89. The number of rotatable bonds is 3. The Morgan fingerprint density at radius 1 is 1.38 bits per heavy atom. The quantitative estimate of drug-likeness (QED) is 0.686. The largest absolute Gasteiger partial charge is 0.295 e. The summed E-state index contributed by atoms with van der Waals surface area (Å²) in [7, 11) is 0. The average molecular weight is 222 g/mol. The Morgan fingerprint density at radius 3 is 2.25 bits per heavy atom. The number of carbonyl (C=O) groups is 1. The molecule has 1 unspecified atom stereocenters. The van der Waals surface area contributed by atoms with Gasteiger partial charge in [0.25, 0.3) is 0 Å². The second-order valence-electron chi connectivity index (χ2n) is 5.99. The summed E-state index contributed by atoms with van der Waals surface area (Å²) in [5.41, 5.74) is 1.94. The first-order valence-corrected chi connectivity index (χ1v) is 6.65. The van der Waals surface area contributed by atoms with E-state index in [4.69, 9.17) is 0 Å². The van der Waals surface area contributed by atoms with Crippen molar-refractivity contribution in [3.8, 4) is 0 Å². The first-order valence-electron chi connectivity index (χ1n) is 6.65. The minimum Gasteiger partial charge on any atom is -0.295 e. The summed E-state index contributed by atoms with van der Waals surface area (Å²) in [6, 6.07) is 0. The standard InChI is InChI=1S/C9H18.C6H8O/c1-4-5-6-8-7-9(8,2)3;1-5-2-3-6(7)4-5/h8H,4-7H2,1-3H3;4H,2-3H2,1H3. The van der Waals surface area contributed by atoms with Crippen LogP contribution in [0.4, 0.5) is 0 Å². The Kier molecular flexibility index (Phi) is 4.76. The molecule has 0 aliphatic heterocycles. The zero-order chi connectivity index (χ0) is 12.2. The number of unbranched alkanes of at least 4 members (excludes halogenated alkanes) is 1. The summed E-state index contributed by atoms with van der Waals surface area (Å²) in [5.74, 6) is 1.36. The lowest BCUT2D eigenvalue weighted by molar-refractivity contribution is -0.114. The average Bonchev–Trinajstić information content (AvgIpc) is 2.62. The molecule has 92 valence electrons. The van der Waals surface area contributed by atoms with E-state index < -0.39 is 0 Å². The van der Waals surface area contributed by atoms with Crippen LogP contribution in [0.1, 0.15) is 66.2 Å². The maximum absolute atomic E-state index is 10.4. The summed E-state index contributed by atoms with van der Waals surface area (Å²) in [6.07, 6.45) is 9.21. The third-order valence-corrected chi connectivity index (χ3v) is 3.80. The van der Waals surface area contributed by atoms with Gasteiger partial charge in [-0.05, 0) is 43.6 Å². The normalized spacial score (nSPS) is 25.9. The van der Waals surface area contributed by atoms with Gasteiger partial charge in [0.1, 0.15) is 0 Å². The van der Waals surface area contributed by atoms with Gasteiger partial charge in [-0.2, -0.15) is 0 Å². The fraction of sp³-hybridized carbons (Fsp3) is 0.800. The van der Waals surface area contributed by atoms with Crippen molar-refractivity contribution in [3.05, 3.63) is 11.6 Å². The van der Waals surface area contributed by atoms with E-state index in [1.165, 1.54) is 31.3 Å². The molecule has 2 aliphatic carbocycles. The molecule has 1 saturated carbocycles. The molecular formula is C15H26O. The van der Waals surface area contributed by atoms with Gasteiger partial charge in [-0.3, -0.25) is 4.79 Å². The van der Waals surface area contributed by atoms with Gasteiger partial charge in [-0.25, -0.2) is 0 Å². The minimum absolute atomic E-state index is 0.289. The van der Waals surface area contributed by atoms with Crippen molar-refractivity contribution in [1.82, 2.24) is 0 Å². The van der Waals surface area contributed by atoms with E-state index in [2.05, 4.69) is 20.8 Å². The highest BCUT2D eigenvalue weighted by Gasteiger charge is 2.44. The third kappa shape index (κ3) is 4.51. The van der Waals surface area contributed by atoms with Crippen molar-refractivity contribution in [2.75, 3.05) is 0 Å². The number of ketones is 1. The van der Waals surface area contributed by atoms with Gasteiger partial charge in [-0.1, -0.05) is 39.2 Å². The van der Waals surface area contributed by atoms with E-state index in [0.717, 1.165) is 24.2 Å². The van der Waals surface area contributed by atoms with Crippen LogP contribution in [0, 0.1) is 11.3 Å². The van der Waals surface area contributed by atoms with Crippen LogP contribution in [0.25, 0.3) is 0 Å². The molecule has 0 aromatic carbocycles. The van der Waals surface area contributed by atoms with E-state index in [9.17, 15) is 4.79 Å². The Bertz CT molecular complexity index is 273. The first kappa shape index (κ1) is 13.5. The second-order valence-corrected chi connectivity index (χ2v) is 5.99. The first-order chi connectivity index (χ1) is 7.45. The third-order valence-electron chi connectivity index (χ3n) is 3.80. The lowest BCUT2D eigenvalue weighted by atomic mass is 10.1. The predicted octanol–water partition coefficient (Wildman–Crippen LogP) is 4.52. The Hall–Kier alpha value is -0.590. The van der Waals surface area contributed by atoms with Gasteiger partial charge in [0.2, 0.25) is 0 Å². The summed E-state index contributed by atoms with van der Waals surface area (Å²) < 4.78 is 0. The molecule has 0 bridgehead atoms. The molecule has 2 rings (SSSR count). The van der Waals surface area contributed by atoms with E-state index >= 15 is 0 Å². The number of carbonyl (C=O) groups excluding carboxylic acids is 1. The number of hydrogen-bond acceptors (Lipinski definition) is 1. The van der Waals surface area contributed by atoms with Crippen LogP contribution in [0.3, 0.4) is 0 Å². The topological polar surface area (TPSA) is 17.1 Å². The Labute approximate surface area is 100 Å². The van der Waals surface area contributed by atoms with Gasteiger partial charge in [0.05, 0.1) is 0 Å². The minimum atomic E-state index is 0.289. The van der Waals surface area contributed by atoms with Crippen molar-refractivity contribution < 1.29 is 4.79 Å². The molecule has 0 saturated heterocycles. The SMILES string of the molecule is CC1=CC(=O)CC1.CCCCC1CC1(C)C. The van der Waals surface area contributed by atoms with Crippen molar-refractivity contribution in [2.45, 2.75) is 66.2 Å². The molecule has 0 N–H and O–H groups in total. The smallest absolute Gasteiger partial charge is 0.155 e. The molecule has 1 heteroatoms. The zero-order valence-corrected chi connectivity index (χ0v) is 11.3. The van der Waals surface area contributed by atoms with E-state index in [-0.39, 0.29) is 5.78 Å². The summed E-state index contributed by atoms with van der Waals surface area (Å²) in [4.78, 5) is 10.4. The fourth-order valence-electron chi connectivity index (χ4n) is 2.26. The Balaban J connectivity index is 0.000000165. The molecule has 0 radical (unpaired) electrons. The van der Waals surface area contributed by atoms with Crippen molar-refractivity contribution in [1.29, 1.82) is 0 Å². The van der Waals surface area contributed by atoms with E-state index in [1.54, 1.807) is 6.08 Å². The molecule has 0 aromatic heterocycles. The van der Waals surface area contributed by atoms with Crippen LogP contribution in [0.2, 0.25) is 0 Å². The molecule has 0 spiro atoms. The molecule has 2 aliphatic rings. The highest BCUT2D eigenvalue weighted by molar-refractivity contribution is 5.92. The highest BCUT2D eigenvalue weighted by Crippen LogP contribution is 2.54. The van der Waals surface area contributed by atoms with E-state index in [1.807, 2.05) is 6.92 Å². The van der Waals surface area contributed by atoms with Crippen LogP contribution in [-0.4, -0.2) is 5.78 Å². The maximum Gasteiger partial charge on any atom is 0.155 e. The Morgan fingerprint density at radius 2 is 2.00 bits per heavy atom. The monoisotopic (exact) mass is 222 g/mol. The number of allylic oxidation sites excluding steroid dienone is 2. The van der Waals surface area contributed by atoms with Crippen LogP contribution in [0.5, 0.6) is 0 Å². The molecule has 1 atom stereocenters. The zero-order valence-electron chi connectivity index (χ0n) is 11.3. The van der Waals surface area contributed by atoms with Crippen LogP contribution in [-0.2, 0) is 4.79 Å². The lowest BCUT2D eigenvalue weighted by Gasteiger charge is -1.99. The number of hydrogen-bond donors (Lipinski definition) is 0. The molecule has 0 aromatic rings. The van der Waals surface area contributed by atoms with Crippen molar-refractivity contribution >= 4 is 5.78 Å². The molecular weight excluding hydrogens is 196 g/mol. The molecule has 0 heterocycles. The molecule has 1 fully saturated rings. The van der Waals surface area contributed by atoms with Gasteiger partial charge in [0, 0.05) is 6.42 Å². The molecule has 0 amide bonds. The van der Waals surface area contributed by atoms with E-state index in [0.29, 0.717) is 0 Å². The van der Waals surface area contributed by atoms with Gasteiger partial charge < -0.3 is 0 Å². The fourth-order valence-corrected chi connectivity index (χ4v) is 2.26. The van der Waals surface area contributed by atoms with Crippen molar-refractivity contribution in [3.63, 3.8) is 0 Å². The van der Waals surface area contributed by atoms with Gasteiger partial charge in [-0.15, -0.1) is 0 Å². The van der Waals surface area contributed by atoms with Crippen molar-refractivity contribution in [2.24, 2.45) is 11.3 Å².